The van der Waals surface area contributed by atoms with Gasteiger partial charge in [0, 0.05) is 43.0 Å². The zero-order chi connectivity index (χ0) is 19.3. The Bertz CT molecular complexity index is 1050. The number of furan rings is 1. The molecule has 7 nitrogen and oxygen atoms in total. The van der Waals surface area contributed by atoms with E-state index in [-0.39, 0.29) is 18.3 Å². The maximum Gasteiger partial charge on any atom is 0.289 e. The van der Waals surface area contributed by atoms with Gasteiger partial charge in [-0.2, -0.15) is 0 Å². The van der Waals surface area contributed by atoms with Crippen molar-refractivity contribution in [1.29, 1.82) is 0 Å². The third-order valence-corrected chi connectivity index (χ3v) is 6.21. The number of carbonyl (C=O) groups excluding carboxylic acids is 1. The van der Waals surface area contributed by atoms with E-state index in [1.807, 2.05) is 24.0 Å². The number of piperidine rings is 1. The predicted octanol–water partition coefficient (Wildman–Crippen LogP) is 3.53. The van der Waals surface area contributed by atoms with Crippen LogP contribution in [0.25, 0.3) is 11.0 Å². The van der Waals surface area contributed by atoms with E-state index in [0.29, 0.717) is 35.4 Å². The average molecular weight is 436 g/mol. The Morgan fingerprint density at radius 2 is 2.03 bits per heavy atom. The summed E-state index contributed by atoms with van der Waals surface area (Å²) in [5.74, 6) is 2.75. The predicted molar refractivity (Wildman–Crippen MR) is 113 cm³/mol. The molecule has 0 atom stereocenters. The summed E-state index contributed by atoms with van der Waals surface area (Å²) in [4.78, 5) is 15.0. The van der Waals surface area contributed by atoms with Crippen LogP contribution < -0.4 is 5.32 Å². The highest BCUT2D eigenvalue weighted by atomic mass is 35.5. The molecule has 9 heteroatoms. The Labute approximate surface area is 179 Å². The quantitative estimate of drug-likeness (QED) is 0.665. The number of benzene rings is 1. The lowest BCUT2D eigenvalue weighted by Gasteiger charge is -2.31. The van der Waals surface area contributed by atoms with E-state index in [0.717, 1.165) is 55.1 Å². The highest BCUT2D eigenvalue weighted by Crippen LogP contribution is 2.33. The van der Waals surface area contributed by atoms with Gasteiger partial charge in [0.2, 0.25) is 0 Å². The Morgan fingerprint density at radius 1 is 1.24 bits per heavy atom. The molecule has 1 amide bonds. The number of likely N-dealkylation sites (tertiary alicyclic amines) is 1. The van der Waals surface area contributed by atoms with Crippen LogP contribution in [0.4, 0.5) is 0 Å². The molecular weight excluding hydrogens is 413 g/mol. The van der Waals surface area contributed by atoms with E-state index < -0.39 is 0 Å². The van der Waals surface area contributed by atoms with Crippen molar-refractivity contribution in [3.63, 3.8) is 0 Å². The number of fused-ring (bicyclic) bond motifs is 2. The fraction of sp³-hybridized carbons (Fsp3) is 0.450. The van der Waals surface area contributed by atoms with Crippen LogP contribution in [0.5, 0.6) is 0 Å². The lowest BCUT2D eigenvalue weighted by molar-refractivity contribution is 0.0679. The molecule has 2 aliphatic rings. The smallest absolute Gasteiger partial charge is 0.289 e. The second-order valence-corrected chi connectivity index (χ2v) is 7.95. The molecule has 0 bridgehead atoms. The average Bonchev–Trinajstić information content (AvgIpc) is 3.30. The van der Waals surface area contributed by atoms with Crippen LogP contribution in [0, 0.1) is 6.92 Å². The van der Waals surface area contributed by atoms with E-state index in [1.165, 1.54) is 0 Å². The van der Waals surface area contributed by atoms with Crippen LogP contribution in [0.15, 0.2) is 22.6 Å². The van der Waals surface area contributed by atoms with E-state index in [9.17, 15) is 4.79 Å². The van der Waals surface area contributed by atoms with Crippen molar-refractivity contribution >= 4 is 40.9 Å². The highest BCUT2D eigenvalue weighted by molar-refractivity contribution is 6.35. The van der Waals surface area contributed by atoms with Crippen LogP contribution in [-0.2, 0) is 13.1 Å². The summed E-state index contributed by atoms with van der Waals surface area (Å²) in [7, 11) is 0. The van der Waals surface area contributed by atoms with Gasteiger partial charge in [-0.05, 0) is 25.8 Å². The molecule has 3 aromatic rings. The van der Waals surface area contributed by atoms with Crippen molar-refractivity contribution in [2.24, 2.45) is 0 Å². The summed E-state index contributed by atoms with van der Waals surface area (Å²) in [6, 6.07) is 5.59. The first kappa shape index (κ1) is 20.2. The van der Waals surface area contributed by atoms with Gasteiger partial charge in [-0.3, -0.25) is 4.79 Å². The zero-order valence-corrected chi connectivity index (χ0v) is 17.7. The molecule has 29 heavy (non-hydrogen) atoms. The van der Waals surface area contributed by atoms with Crippen molar-refractivity contribution < 1.29 is 9.21 Å². The highest BCUT2D eigenvalue weighted by Gasteiger charge is 2.31. The normalized spacial score (nSPS) is 17.2. The van der Waals surface area contributed by atoms with E-state index >= 15 is 0 Å². The number of rotatable bonds is 2. The summed E-state index contributed by atoms with van der Waals surface area (Å²) < 4.78 is 8.10. The molecule has 4 heterocycles. The lowest BCUT2D eigenvalue weighted by Crippen LogP contribution is -2.39. The number of carbonyl (C=O) groups is 1. The number of aromatic nitrogens is 3. The van der Waals surface area contributed by atoms with Crippen molar-refractivity contribution in [2.75, 3.05) is 19.6 Å². The number of hydrogen-bond donors (Lipinski definition) is 1. The van der Waals surface area contributed by atoms with E-state index in [2.05, 4.69) is 20.1 Å². The molecule has 1 aromatic carbocycles. The first-order valence-corrected chi connectivity index (χ1v) is 10.1. The van der Waals surface area contributed by atoms with Crippen LogP contribution in [0.3, 0.4) is 0 Å². The van der Waals surface area contributed by atoms with E-state index in [1.54, 1.807) is 6.07 Å². The second kappa shape index (κ2) is 7.97. The van der Waals surface area contributed by atoms with Crippen molar-refractivity contribution in [3.05, 3.63) is 46.2 Å². The Balaban J connectivity index is 0.00000205. The van der Waals surface area contributed by atoms with Gasteiger partial charge in [-0.1, -0.05) is 23.7 Å². The zero-order valence-electron chi connectivity index (χ0n) is 16.2. The molecule has 2 aliphatic heterocycles. The van der Waals surface area contributed by atoms with Gasteiger partial charge in [0.1, 0.15) is 11.6 Å². The molecule has 2 aromatic heterocycles. The molecule has 5 rings (SSSR count). The number of aryl methyl sites for hydroxylation is 1. The summed E-state index contributed by atoms with van der Waals surface area (Å²) in [6.07, 6.45) is 1.77. The van der Waals surface area contributed by atoms with Crippen LogP contribution >= 0.6 is 24.0 Å². The summed E-state index contributed by atoms with van der Waals surface area (Å²) in [5, 5.41) is 13.5. The number of halogens is 2. The van der Waals surface area contributed by atoms with Gasteiger partial charge < -0.3 is 19.2 Å². The fourth-order valence-corrected chi connectivity index (χ4v) is 4.53. The van der Waals surface area contributed by atoms with Gasteiger partial charge in [0.05, 0.1) is 11.6 Å². The molecular formula is C20H23Cl2N5O2. The monoisotopic (exact) mass is 435 g/mol. The first-order chi connectivity index (χ1) is 13.6. The molecule has 0 spiro atoms. The minimum absolute atomic E-state index is 0. The Morgan fingerprint density at radius 3 is 2.79 bits per heavy atom. The van der Waals surface area contributed by atoms with Gasteiger partial charge in [-0.25, -0.2) is 0 Å². The fourth-order valence-electron chi connectivity index (χ4n) is 4.31. The number of nitrogens with one attached hydrogen (secondary N) is 1. The number of para-hydroxylation sites is 1. The van der Waals surface area contributed by atoms with Crippen LogP contribution in [0.1, 0.15) is 46.5 Å². The Kier molecular flexibility index (Phi) is 5.55. The summed E-state index contributed by atoms with van der Waals surface area (Å²) in [5.41, 5.74) is 1.44. The Hall–Kier alpha value is -2.09. The topological polar surface area (TPSA) is 76.2 Å². The van der Waals surface area contributed by atoms with Crippen molar-refractivity contribution in [1.82, 2.24) is 25.0 Å². The minimum atomic E-state index is -0.0595. The van der Waals surface area contributed by atoms with Crippen molar-refractivity contribution in [3.8, 4) is 0 Å². The molecule has 0 aliphatic carbocycles. The molecule has 0 radical (unpaired) electrons. The maximum absolute atomic E-state index is 13.1. The standard InChI is InChI=1S/C20H22ClN5O2.ClH/c1-12-14-3-2-4-15(21)18(14)28-17(12)20(27)25-8-5-13(6-9-25)19-24-23-16-11-22-7-10-26(16)19;/h2-4,13,22H,5-11H2,1H3;1H. The van der Waals surface area contributed by atoms with Gasteiger partial charge in [0.25, 0.3) is 5.91 Å². The maximum atomic E-state index is 13.1. The van der Waals surface area contributed by atoms with E-state index in [4.69, 9.17) is 16.0 Å². The third-order valence-electron chi connectivity index (χ3n) is 5.91. The SMILES string of the molecule is Cc1c(C(=O)N2CCC(c3nnc4n3CCNC4)CC2)oc2c(Cl)cccc12.Cl. The largest absolute Gasteiger partial charge is 0.449 e. The minimum Gasteiger partial charge on any atom is -0.449 e. The van der Waals surface area contributed by atoms with Gasteiger partial charge in [0.15, 0.2) is 11.3 Å². The van der Waals surface area contributed by atoms with Gasteiger partial charge >= 0.3 is 0 Å². The van der Waals surface area contributed by atoms with Gasteiger partial charge in [-0.15, -0.1) is 22.6 Å². The molecule has 154 valence electrons. The van der Waals surface area contributed by atoms with Crippen LogP contribution in [-0.4, -0.2) is 45.2 Å². The molecule has 0 saturated carbocycles. The molecule has 1 fully saturated rings. The molecule has 0 unspecified atom stereocenters. The second-order valence-electron chi connectivity index (χ2n) is 7.54. The molecule has 1 N–H and O–H groups in total. The summed E-state index contributed by atoms with van der Waals surface area (Å²) in [6.45, 7) is 5.93. The number of amides is 1. The molecule has 1 saturated heterocycles. The summed E-state index contributed by atoms with van der Waals surface area (Å²) >= 11 is 6.23. The number of hydrogen-bond acceptors (Lipinski definition) is 5. The number of nitrogens with zero attached hydrogens (tertiary/aromatic N) is 4. The third kappa shape index (κ3) is 3.41. The van der Waals surface area contributed by atoms with Crippen molar-refractivity contribution in [2.45, 2.75) is 38.8 Å². The van der Waals surface area contributed by atoms with Crippen LogP contribution in [0.2, 0.25) is 5.02 Å². The first-order valence-electron chi connectivity index (χ1n) is 9.73. The lowest BCUT2D eigenvalue weighted by atomic mass is 9.95.